The van der Waals surface area contributed by atoms with Crippen LogP contribution in [0.5, 0.6) is 0 Å². The molecule has 4 aromatic rings. The molecule has 1 N–H and O–H groups in total. The summed E-state index contributed by atoms with van der Waals surface area (Å²) in [5.74, 6) is 1.13. The molecule has 0 saturated carbocycles. The molecule has 0 radical (unpaired) electrons. The number of hydrogen-bond acceptors (Lipinski definition) is 6. The fourth-order valence-corrected chi connectivity index (χ4v) is 4.47. The fourth-order valence-electron chi connectivity index (χ4n) is 4.47. The van der Waals surface area contributed by atoms with Crippen molar-refractivity contribution in [1.82, 2.24) is 38.8 Å². The number of carbonyl (C=O) groups is 1. The molecule has 11 nitrogen and oxygen atoms in total. The van der Waals surface area contributed by atoms with Gasteiger partial charge in [-0.2, -0.15) is 5.10 Å². The zero-order chi connectivity index (χ0) is 24.9. The summed E-state index contributed by atoms with van der Waals surface area (Å²) in [6.07, 6.45) is 6.62. The van der Waals surface area contributed by atoms with E-state index in [1.807, 2.05) is 37.7 Å². The van der Waals surface area contributed by atoms with E-state index in [1.54, 1.807) is 22.4 Å². The Hall–Kier alpha value is -3.63. The van der Waals surface area contributed by atoms with E-state index in [1.165, 1.54) is 0 Å². The Morgan fingerprint density at radius 2 is 2.00 bits per heavy atom. The van der Waals surface area contributed by atoms with Crippen LogP contribution in [0.2, 0.25) is 0 Å². The number of hydrogen-bond donors (Lipinski definition) is 1. The van der Waals surface area contributed by atoms with E-state index in [0.29, 0.717) is 30.2 Å². The second-order valence-electron chi connectivity index (χ2n) is 10.2. The van der Waals surface area contributed by atoms with E-state index in [-0.39, 0.29) is 17.7 Å². The van der Waals surface area contributed by atoms with E-state index < -0.39 is 5.60 Å². The van der Waals surface area contributed by atoms with Gasteiger partial charge in [0.1, 0.15) is 16.9 Å². The van der Waals surface area contributed by atoms with Gasteiger partial charge in [-0.1, -0.05) is 19.8 Å². The predicted octanol–water partition coefficient (Wildman–Crippen LogP) is 3.53. The molecule has 5 heterocycles. The van der Waals surface area contributed by atoms with Crippen LogP contribution in [0.4, 0.5) is 4.79 Å². The lowest BCUT2D eigenvalue weighted by Gasteiger charge is -2.39. The molecule has 1 aliphatic heterocycles. The minimum atomic E-state index is -0.513. The van der Waals surface area contributed by atoms with Crippen LogP contribution in [0.25, 0.3) is 28.1 Å². The Bertz CT molecular complexity index is 1450. The molecule has 35 heavy (non-hydrogen) atoms. The maximum absolute atomic E-state index is 13.2. The summed E-state index contributed by atoms with van der Waals surface area (Å²) in [5.41, 5.74) is 2.36. The highest BCUT2D eigenvalue weighted by atomic mass is 16.6. The van der Waals surface area contributed by atoms with E-state index >= 15 is 0 Å². The lowest BCUT2D eigenvalue weighted by Crippen LogP contribution is -2.52. The molecule has 0 unspecified atom stereocenters. The Labute approximate surface area is 202 Å². The van der Waals surface area contributed by atoms with Crippen LogP contribution in [0.15, 0.2) is 23.3 Å². The normalized spacial score (nSPS) is 14.7. The highest BCUT2D eigenvalue weighted by molar-refractivity contribution is 5.83. The third kappa shape index (κ3) is 4.19. The van der Waals surface area contributed by atoms with Crippen LogP contribution in [-0.2, 0) is 11.3 Å². The van der Waals surface area contributed by atoms with E-state index in [9.17, 15) is 9.59 Å². The van der Waals surface area contributed by atoms with E-state index in [2.05, 4.69) is 31.8 Å². The summed E-state index contributed by atoms with van der Waals surface area (Å²) in [6, 6.07) is 2.08. The standard InChI is InChI=1S/C24H32N8O3/c1-6-7-8-9-30-19-10-18(26-20(19)21(33)32-15(2)27-28-22(30)32)16-11-25-31(12-16)17-13-29(14-17)23(34)35-24(3,4)5/h10-12,17,26H,6-9,13-14H2,1-5H3. The Kier molecular flexibility index (Phi) is 5.65. The van der Waals surface area contributed by atoms with Gasteiger partial charge in [0.2, 0.25) is 5.78 Å². The summed E-state index contributed by atoms with van der Waals surface area (Å²) in [7, 11) is 0. The largest absolute Gasteiger partial charge is 0.444 e. The summed E-state index contributed by atoms with van der Waals surface area (Å²) in [6.45, 7) is 11.4. The topological polar surface area (TPSA) is 115 Å². The number of aromatic nitrogens is 7. The molecule has 0 atom stereocenters. The van der Waals surface area contributed by atoms with Gasteiger partial charge in [0.05, 0.1) is 23.4 Å². The zero-order valence-corrected chi connectivity index (χ0v) is 20.9. The maximum atomic E-state index is 13.2. The third-order valence-corrected chi connectivity index (χ3v) is 6.34. The average Bonchev–Trinajstić information content (AvgIpc) is 3.47. The molecule has 1 aliphatic rings. The van der Waals surface area contributed by atoms with Crippen LogP contribution in [0.3, 0.4) is 0 Å². The molecule has 0 aromatic carbocycles. The SMILES string of the molecule is CCCCCn1c2cc(-c3cnn(C4CN(C(=O)OC(C)(C)C)C4)c3)[nH]c2c(=O)n2c(C)nnc12. The molecule has 1 fully saturated rings. The Morgan fingerprint density at radius 1 is 1.23 bits per heavy atom. The van der Waals surface area contributed by atoms with Gasteiger partial charge in [0.25, 0.3) is 5.56 Å². The van der Waals surface area contributed by atoms with E-state index in [0.717, 1.165) is 42.6 Å². The maximum Gasteiger partial charge on any atom is 0.410 e. The molecule has 5 rings (SSSR count). The first kappa shape index (κ1) is 23.1. The number of aromatic amines is 1. The molecule has 0 spiro atoms. The summed E-state index contributed by atoms with van der Waals surface area (Å²) in [4.78, 5) is 30.5. The van der Waals surface area contributed by atoms with Crippen LogP contribution in [-0.4, -0.2) is 63.6 Å². The van der Waals surface area contributed by atoms with Gasteiger partial charge in [0.15, 0.2) is 0 Å². The van der Waals surface area contributed by atoms with Crippen molar-refractivity contribution in [3.8, 4) is 11.3 Å². The van der Waals surface area contributed by atoms with Crippen molar-refractivity contribution in [2.45, 2.75) is 72.1 Å². The van der Waals surface area contributed by atoms with Crippen molar-refractivity contribution < 1.29 is 9.53 Å². The van der Waals surface area contributed by atoms with Crippen LogP contribution < -0.4 is 5.56 Å². The second-order valence-corrected chi connectivity index (χ2v) is 10.2. The fraction of sp³-hybridized carbons (Fsp3) is 0.542. The first-order chi connectivity index (χ1) is 16.7. The molecule has 0 aliphatic carbocycles. The second kappa shape index (κ2) is 8.54. The van der Waals surface area contributed by atoms with Crippen molar-refractivity contribution in [2.24, 2.45) is 0 Å². The molecule has 1 saturated heterocycles. The molecular weight excluding hydrogens is 448 g/mol. The van der Waals surface area contributed by atoms with Crippen LogP contribution in [0.1, 0.15) is 58.8 Å². The summed E-state index contributed by atoms with van der Waals surface area (Å²) < 4.78 is 10.9. The molecule has 1 amide bonds. The number of ether oxygens (including phenoxy) is 1. The Balaban J connectivity index is 1.42. The van der Waals surface area contributed by atoms with Gasteiger partial charge in [-0.15, -0.1) is 10.2 Å². The minimum Gasteiger partial charge on any atom is -0.444 e. The van der Waals surface area contributed by atoms with Gasteiger partial charge in [0, 0.05) is 31.4 Å². The number of amides is 1. The van der Waals surface area contributed by atoms with Gasteiger partial charge in [-0.3, -0.25) is 9.48 Å². The van der Waals surface area contributed by atoms with Crippen LogP contribution >= 0.6 is 0 Å². The highest BCUT2D eigenvalue weighted by Gasteiger charge is 2.35. The molecule has 4 aromatic heterocycles. The number of likely N-dealkylation sites (tertiary alicyclic amines) is 1. The minimum absolute atomic E-state index is 0.0895. The number of H-pyrrole nitrogens is 1. The summed E-state index contributed by atoms with van der Waals surface area (Å²) in [5, 5.41) is 12.9. The molecule has 11 heteroatoms. The van der Waals surface area contributed by atoms with Crippen molar-refractivity contribution in [1.29, 1.82) is 0 Å². The van der Waals surface area contributed by atoms with Crippen molar-refractivity contribution in [3.05, 3.63) is 34.6 Å². The number of nitrogens with one attached hydrogen (secondary N) is 1. The van der Waals surface area contributed by atoms with Crippen molar-refractivity contribution >= 4 is 22.9 Å². The van der Waals surface area contributed by atoms with Crippen LogP contribution in [0, 0.1) is 6.92 Å². The third-order valence-electron chi connectivity index (χ3n) is 6.34. The smallest absolute Gasteiger partial charge is 0.410 e. The number of carbonyl (C=O) groups excluding carboxylic acids is 1. The highest BCUT2D eigenvalue weighted by Crippen LogP contribution is 2.28. The van der Waals surface area contributed by atoms with Crippen molar-refractivity contribution in [2.75, 3.05) is 13.1 Å². The molecule has 0 bridgehead atoms. The quantitative estimate of drug-likeness (QED) is 0.422. The first-order valence-electron chi connectivity index (χ1n) is 12.2. The van der Waals surface area contributed by atoms with Crippen molar-refractivity contribution in [3.63, 3.8) is 0 Å². The predicted molar refractivity (Wildman–Crippen MR) is 131 cm³/mol. The average molecular weight is 481 g/mol. The number of rotatable bonds is 6. The zero-order valence-electron chi connectivity index (χ0n) is 20.9. The molecule has 186 valence electrons. The summed E-state index contributed by atoms with van der Waals surface area (Å²) >= 11 is 0. The Morgan fingerprint density at radius 3 is 2.71 bits per heavy atom. The van der Waals surface area contributed by atoms with E-state index in [4.69, 9.17) is 4.74 Å². The number of unbranched alkanes of at least 4 members (excludes halogenated alkanes) is 2. The van der Waals surface area contributed by atoms with Gasteiger partial charge in [-0.05, 0) is 40.2 Å². The van der Waals surface area contributed by atoms with Gasteiger partial charge < -0.3 is 19.2 Å². The number of aryl methyl sites for hydroxylation is 2. The van der Waals surface area contributed by atoms with Gasteiger partial charge in [-0.25, -0.2) is 9.20 Å². The van der Waals surface area contributed by atoms with Gasteiger partial charge >= 0.3 is 6.09 Å². The number of fused-ring (bicyclic) bond motifs is 2. The first-order valence-corrected chi connectivity index (χ1v) is 12.2. The molecular formula is C24H32N8O3. The lowest BCUT2D eigenvalue weighted by atomic mass is 10.1. The monoisotopic (exact) mass is 480 g/mol. The lowest BCUT2D eigenvalue weighted by molar-refractivity contribution is -0.000383. The number of nitrogens with zero attached hydrogens (tertiary/aromatic N) is 7.